The maximum Gasteiger partial charge on any atom is 0.573 e. The molecular weight excluding hydrogens is 323 g/mol. The molecule has 0 N–H and O–H groups in total. The lowest BCUT2D eigenvalue weighted by Crippen LogP contribution is -2.31. The van der Waals surface area contributed by atoms with Gasteiger partial charge in [-0.25, -0.2) is 0 Å². The molecule has 0 saturated heterocycles. The number of hydrogen-bond donors (Lipinski definition) is 0. The summed E-state index contributed by atoms with van der Waals surface area (Å²) in [5.74, 6) is -0.187. The second-order valence-electron chi connectivity index (χ2n) is 4.44. The Bertz CT molecular complexity index is 378. The van der Waals surface area contributed by atoms with Crippen molar-refractivity contribution in [1.29, 1.82) is 0 Å². The molecule has 1 rings (SSSR count). The lowest BCUT2D eigenvalue weighted by molar-refractivity contribution is -0.274. The van der Waals surface area contributed by atoms with Gasteiger partial charge in [0.15, 0.2) is 0 Å². The molecule has 0 bridgehead atoms. The van der Waals surface area contributed by atoms with E-state index in [1.807, 2.05) is 0 Å². The third-order valence-corrected chi connectivity index (χ3v) is 3.00. The molecule has 0 radical (unpaired) electrons. The van der Waals surface area contributed by atoms with Gasteiger partial charge in [-0.3, -0.25) is 4.90 Å². The number of nitrogens with zero attached hydrogens (tertiary/aromatic N) is 1. The number of benzene rings is 1. The van der Waals surface area contributed by atoms with E-state index in [-0.39, 0.29) is 5.75 Å². The maximum absolute atomic E-state index is 12.0. The van der Waals surface area contributed by atoms with Gasteiger partial charge in [-0.05, 0) is 31.5 Å². The van der Waals surface area contributed by atoms with Gasteiger partial charge >= 0.3 is 6.36 Å². The standard InChI is InChI=1S/C13H17BrF3NO/c1-10(2)18(8-7-14)9-11-3-5-12(6-4-11)19-13(15,16)17/h3-6,10H,7-9H2,1-2H3. The van der Waals surface area contributed by atoms with Crippen LogP contribution in [0.5, 0.6) is 5.75 Å². The van der Waals surface area contributed by atoms with E-state index in [2.05, 4.69) is 39.4 Å². The van der Waals surface area contributed by atoms with Crippen LogP contribution in [0, 0.1) is 0 Å². The van der Waals surface area contributed by atoms with Gasteiger partial charge in [0.2, 0.25) is 0 Å². The number of rotatable bonds is 6. The first-order chi connectivity index (χ1) is 8.81. The Morgan fingerprint density at radius 3 is 2.21 bits per heavy atom. The van der Waals surface area contributed by atoms with E-state index in [9.17, 15) is 13.2 Å². The van der Waals surface area contributed by atoms with Crippen molar-refractivity contribution in [1.82, 2.24) is 4.90 Å². The number of alkyl halides is 4. The first-order valence-corrected chi connectivity index (χ1v) is 7.08. The van der Waals surface area contributed by atoms with E-state index in [1.165, 1.54) is 12.1 Å². The van der Waals surface area contributed by atoms with Gasteiger partial charge in [-0.2, -0.15) is 0 Å². The molecule has 2 nitrogen and oxygen atoms in total. The number of halogens is 4. The van der Waals surface area contributed by atoms with Crippen LogP contribution < -0.4 is 4.74 Å². The van der Waals surface area contributed by atoms with Crippen molar-refractivity contribution in [3.63, 3.8) is 0 Å². The summed E-state index contributed by atoms with van der Waals surface area (Å²) >= 11 is 3.39. The molecule has 108 valence electrons. The predicted octanol–water partition coefficient (Wildman–Crippen LogP) is 4.19. The van der Waals surface area contributed by atoms with Gasteiger partial charge in [-0.1, -0.05) is 28.1 Å². The molecule has 0 atom stereocenters. The summed E-state index contributed by atoms with van der Waals surface area (Å²) in [5, 5.41) is 0.862. The fraction of sp³-hybridized carbons (Fsp3) is 0.538. The van der Waals surface area contributed by atoms with Gasteiger partial charge in [0, 0.05) is 24.5 Å². The average molecular weight is 340 g/mol. The quantitative estimate of drug-likeness (QED) is 0.720. The summed E-state index contributed by atoms with van der Waals surface area (Å²) in [6.45, 7) is 5.77. The van der Waals surface area contributed by atoms with Crippen molar-refractivity contribution in [3.05, 3.63) is 29.8 Å². The monoisotopic (exact) mass is 339 g/mol. The van der Waals surface area contributed by atoms with Crippen LogP contribution in [-0.2, 0) is 6.54 Å². The Morgan fingerprint density at radius 1 is 1.21 bits per heavy atom. The highest BCUT2D eigenvalue weighted by molar-refractivity contribution is 9.09. The summed E-state index contributed by atoms with van der Waals surface area (Å²) < 4.78 is 39.9. The third-order valence-electron chi connectivity index (χ3n) is 2.64. The van der Waals surface area contributed by atoms with Gasteiger partial charge in [0.1, 0.15) is 5.75 Å². The molecule has 0 spiro atoms. The van der Waals surface area contributed by atoms with Gasteiger partial charge < -0.3 is 4.74 Å². The summed E-state index contributed by atoms with van der Waals surface area (Å²) in [4.78, 5) is 2.23. The topological polar surface area (TPSA) is 12.5 Å². The largest absolute Gasteiger partial charge is 0.573 e. The lowest BCUT2D eigenvalue weighted by Gasteiger charge is -2.25. The van der Waals surface area contributed by atoms with E-state index in [1.54, 1.807) is 12.1 Å². The zero-order valence-corrected chi connectivity index (χ0v) is 12.5. The molecule has 0 fully saturated rings. The highest BCUT2D eigenvalue weighted by Crippen LogP contribution is 2.23. The maximum atomic E-state index is 12.0. The van der Waals surface area contributed by atoms with Crippen molar-refractivity contribution in [3.8, 4) is 5.75 Å². The fourth-order valence-corrected chi connectivity index (χ4v) is 2.11. The molecule has 0 aromatic heterocycles. The average Bonchev–Trinajstić information content (AvgIpc) is 2.29. The third kappa shape index (κ3) is 6.29. The van der Waals surface area contributed by atoms with Crippen molar-refractivity contribution in [2.24, 2.45) is 0 Å². The second-order valence-corrected chi connectivity index (χ2v) is 5.24. The highest BCUT2D eigenvalue weighted by atomic mass is 79.9. The van der Waals surface area contributed by atoms with Crippen LogP contribution in [0.15, 0.2) is 24.3 Å². The molecule has 0 heterocycles. The first-order valence-electron chi connectivity index (χ1n) is 5.96. The van der Waals surface area contributed by atoms with E-state index in [0.717, 1.165) is 17.4 Å². The minimum Gasteiger partial charge on any atom is -0.406 e. The van der Waals surface area contributed by atoms with Crippen LogP contribution in [0.1, 0.15) is 19.4 Å². The van der Waals surface area contributed by atoms with Crippen molar-refractivity contribution >= 4 is 15.9 Å². The number of hydrogen-bond acceptors (Lipinski definition) is 2. The molecule has 1 aromatic rings. The van der Waals surface area contributed by atoms with Crippen LogP contribution in [0.25, 0.3) is 0 Å². The molecular formula is C13H17BrF3NO. The molecule has 0 aliphatic heterocycles. The predicted molar refractivity (Wildman–Crippen MR) is 72.5 cm³/mol. The van der Waals surface area contributed by atoms with Gasteiger partial charge in [0.25, 0.3) is 0 Å². The summed E-state index contributed by atoms with van der Waals surface area (Å²) in [6, 6.07) is 6.38. The van der Waals surface area contributed by atoms with Crippen LogP contribution in [0.4, 0.5) is 13.2 Å². The Balaban J connectivity index is 2.65. The smallest absolute Gasteiger partial charge is 0.406 e. The molecule has 6 heteroatoms. The van der Waals surface area contributed by atoms with E-state index in [0.29, 0.717) is 12.6 Å². The molecule has 0 aliphatic carbocycles. The van der Waals surface area contributed by atoms with Gasteiger partial charge in [-0.15, -0.1) is 13.2 Å². The van der Waals surface area contributed by atoms with Crippen molar-refractivity contribution in [2.75, 3.05) is 11.9 Å². The Labute approximate surface area is 119 Å². The minimum atomic E-state index is -4.64. The first kappa shape index (κ1) is 16.3. The summed E-state index contributed by atoms with van der Waals surface area (Å²) in [5.41, 5.74) is 0.962. The molecule has 0 amide bonds. The van der Waals surface area contributed by atoms with E-state index >= 15 is 0 Å². The zero-order chi connectivity index (χ0) is 14.5. The Kier molecular flexibility index (Phi) is 6.13. The molecule has 19 heavy (non-hydrogen) atoms. The van der Waals surface area contributed by atoms with Crippen molar-refractivity contribution in [2.45, 2.75) is 32.8 Å². The SMILES string of the molecule is CC(C)N(CCBr)Cc1ccc(OC(F)(F)F)cc1. The summed E-state index contributed by atoms with van der Waals surface area (Å²) in [6.07, 6.45) is -4.64. The summed E-state index contributed by atoms with van der Waals surface area (Å²) in [7, 11) is 0. The lowest BCUT2D eigenvalue weighted by atomic mass is 10.2. The zero-order valence-electron chi connectivity index (χ0n) is 10.9. The van der Waals surface area contributed by atoms with Crippen LogP contribution >= 0.6 is 15.9 Å². The second kappa shape index (κ2) is 7.14. The normalized spacial score (nSPS) is 12.2. The molecule has 0 unspecified atom stereocenters. The molecule has 1 aromatic carbocycles. The van der Waals surface area contributed by atoms with Crippen molar-refractivity contribution < 1.29 is 17.9 Å². The Morgan fingerprint density at radius 2 is 1.79 bits per heavy atom. The minimum absolute atomic E-state index is 0.187. The Hall–Kier alpha value is -0.750. The van der Waals surface area contributed by atoms with Crippen LogP contribution in [-0.4, -0.2) is 29.2 Å². The van der Waals surface area contributed by atoms with Gasteiger partial charge in [0.05, 0.1) is 0 Å². The fourth-order valence-electron chi connectivity index (χ4n) is 1.66. The number of ether oxygens (including phenoxy) is 1. The molecule has 0 aliphatic rings. The van der Waals surface area contributed by atoms with Crippen LogP contribution in [0.2, 0.25) is 0 Å². The van der Waals surface area contributed by atoms with E-state index in [4.69, 9.17) is 0 Å². The van der Waals surface area contributed by atoms with E-state index < -0.39 is 6.36 Å². The molecule has 0 saturated carbocycles. The highest BCUT2D eigenvalue weighted by Gasteiger charge is 2.30. The van der Waals surface area contributed by atoms with Crippen LogP contribution in [0.3, 0.4) is 0 Å².